The highest BCUT2D eigenvalue weighted by Crippen LogP contribution is 2.47. The summed E-state index contributed by atoms with van der Waals surface area (Å²) in [6.07, 6.45) is 4.79. The van der Waals surface area contributed by atoms with E-state index in [0.717, 1.165) is 15.9 Å². The number of rotatable bonds is 4. The van der Waals surface area contributed by atoms with Crippen LogP contribution in [0.15, 0.2) is 26.7 Å². The number of nitrogen functional groups attached to an aromatic ring is 1. The van der Waals surface area contributed by atoms with Gasteiger partial charge in [0.2, 0.25) is 0 Å². The van der Waals surface area contributed by atoms with Crippen LogP contribution in [0, 0.1) is 5.82 Å². The number of nitrogens with zero attached hydrogens (tertiary/aromatic N) is 3. The summed E-state index contributed by atoms with van der Waals surface area (Å²) in [6.45, 7) is 0. The van der Waals surface area contributed by atoms with Gasteiger partial charge in [-0.1, -0.05) is 0 Å². The molecule has 110 valence electrons. The molecule has 7 heteroatoms. The molecule has 4 rings (SSSR count). The van der Waals surface area contributed by atoms with E-state index < -0.39 is 0 Å². The van der Waals surface area contributed by atoms with Gasteiger partial charge in [-0.2, -0.15) is 0 Å². The van der Waals surface area contributed by atoms with E-state index in [4.69, 9.17) is 5.73 Å². The fourth-order valence-electron chi connectivity index (χ4n) is 2.38. The Hall–Kier alpha value is -1.08. The second kappa shape index (κ2) is 4.98. The number of anilines is 1. The van der Waals surface area contributed by atoms with E-state index in [9.17, 15) is 4.39 Å². The summed E-state index contributed by atoms with van der Waals surface area (Å²) in [5.74, 6) is 1.34. The van der Waals surface area contributed by atoms with Crippen molar-refractivity contribution in [2.45, 2.75) is 47.7 Å². The van der Waals surface area contributed by atoms with E-state index in [-0.39, 0.29) is 5.82 Å². The summed E-state index contributed by atoms with van der Waals surface area (Å²) in [7, 11) is 0. The van der Waals surface area contributed by atoms with Gasteiger partial charge < -0.3 is 10.3 Å². The van der Waals surface area contributed by atoms with Gasteiger partial charge in [-0.05, 0) is 65.5 Å². The molecular weight excluding hydrogens is 355 g/mol. The molecular formula is C14H14BrFN4S. The Labute approximate surface area is 134 Å². The summed E-state index contributed by atoms with van der Waals surface area (Å²) in [5.41, 5.74) is 6.35. The largest absolute Gasteiger partial charge is 0.398 e. The Morgan fingerprint density at radius 3 is 2.67 bits per heavy atom. The highest BCUT2D eigenvalue weighted by atomic mass is 79.9. The third kappa shape index (κ3) is 2.57. The second-order valence-electron chi connectivity index (χ2n) is 5.62. The molecule has 4 nitrogen and oxygen atoms in total. The van der Waals surface area contributed by atoms with Gasteiger partial charge in [0.1, 0.15) is 11.6 Å². The van der Waals surface area contributed by atoms with Crippen molar-refractivity contribution in [1.29, 1.82) is 0 Å². The molecule has 2 fully saturated rings. The smallest absolute Gasteiger partial charge is 0.196 e. The van der Waals surface area contributed by atoms with Crippen molar-refractivity contribution in [3.8, 4) is 0 Å². The second-order valence-corrected chi connectivity index (χ2v) is 7.49. The number of hydrogen-bond donors (Lipinski definition) is 1. The molecule has 0 spiro atoms. The van der Waals surface area contributed by atoms with Crippen molar-refractivity contribution in [2.24, 2.45) is 0 Å². The van der Waals surface area contributed by atoms with Gasteiger partial charge >= 0.3 is 0 Å². The van der Waals surface area contributed by atoms with Crippen LogP contribution in [0.4, 0.5) is 10.1 Å². The molecule has 0 radical (unpaired) electrons. The van der Waals surface area contributed by atoms with E-state index in [1.54, 1.807) is 6.07 Å². The molecule has 0 amide bonds. The molecule has 0 saturated heterocycles. The minimum atomic E-state index is -0.348. The van der Waals surface area contributed by atoms with Crippen LogP contribution in [0.5, 0.6) is 0 Å². The van der Waals surface area contributed by atoms with E-state index in [1.807, 2.05) is 0 Å². The van der Waals surface area contributed by atoms with E-state index in [1.165, 1.54) is 43.5 Å². The maximum absolute atomic E-state index is 13.5. The molecule has 2 aliphatic carbocycles. The predicted molar refractivity (Wildman–Crippen MR) is 82.9 cm³/mol. The van der Waals surface area contributed by atoms with Crippen LogP contribution in [-0.4, -0.2) is 14.8 Å². The van der Waals surface area contributed by atoms with Gasteiger partial charge in [-0.3, -0.25) is 0 Å². The lowest BCUT2D eigenvalue weighted by molar-refractivity contribution is 0.619. The van der Waals surface area contributed by atoms with Crippen molar-refractivity contribution in [3.63, 3.8) is 0 Å². The Balaban J connectivity index is 1.70. The lowest BCUT2D eigenvalue weighted by Crippen LogP contribution is -2.02. The summed E-state index contributed by atoms with van der Waals surface area (Å²) >= 11 is 4.67. The van der Waals surface area contributed by atoms with Crippen LogP contribution in [-0.2, 0) is 0 Å². The average molecular weight is 369 g/mol. The first-order valence-electron chi connectivity index (χ1n) is 7.00. The number of aromatic nitrogens is 3. The molecule has 2 aromatic rings. The molecule has 1 aromatic heterocycles. The highest BCUT2D eigenvalue weighted by molar-refractivity contribution is 9.10. The lowest BCUT2D eigenvalue weighted by atomic mass is 10.3. The third-order valence-electron chi connectivity index (χ3n) is 3.80. The normalized spacial score (nSPS) is 18.2. The van der Waals surface area contributed by atoms with Crippen molar-refractivity contribution in [2.75, 3.05) is 5.73 Å². The van der Waals surface area contributed by atoms with Crippen LogP contribution in [0.25, 0.3) is 0 Å². The summed E-state index contributed by atoms with van der Waals surface area (Å²) < 4.78 is 16.1. The summed E-state index contributed by atoms with van der Waals surface area (Å²) in [5, 5.41) is 9.57. The number of benzene rings is 1. The number of hydrogen-bond acceptors (Lipinski definition) is 4. The zero-order valence-corrected chi connectivity index (χ0v) is 13.6. The zero-order chi connectivity index (χ0) is 14.6. The Morgan fingerprint density at radius 2 is 2.00 bits per heavy atom. The first-order chi connectivity index (χ1) is 10.1. The predicted octanol–water partition coefficient (Wildman–Crippen LogP) is 4.13. The highest BCUT2D eigenvalue weighted by Gasteiger charge is 2.36. The first kappa shape index (κ1) is 13.6. The topological polar surface area (TPSA) is 56.7 Å². The maximum atomic E-state index is 13.5. The molecule has 2 saturated carbocycles. The van der Waals surface area contributed by atoms with Crippen molar-refractivity contribution in [1.82, 2.24) is 14.8 Å². The Bertz CT molecular complexity index is 709. The lowest BCUT2D eigenvalue weighted by Gasteiger charge is -2.10. The molecule has 0 aliphatic heterocycles. The monoisotopic (exact) mass is 368 g/mol. The molecule has 1 aromatic carbocycles. The van der Waals surface area contributed by atoms with E-state index >= 15 is 0 Å². The Kier molecular flexibility index (Phi) is 3.22. The number of nitrogens with two attached hydrogens (primary N) is 1. The quantitative estimate of drug-likeness (QED) is 0.824. The van der Waals surface area contributed by atoms with Gasteiger partial charge in [0.05, 0.1) is 4.47 Å². The van der Waals surface area contributed by atoms with E-state index in [0.29, 0.717) is 22.1 Å². The van der Waals surface area contributed by atoms with Crippen LogP contribution < -0.4 is 5.73 Å². The molecule has 0 unspecified atom stereocenters. The summed E-state index contributed by atoms with van der Waals surface area (Å²) in [4.78, 5) is 0.805. The van der Waals surface area contributed by atoms with Crippen LogP contribution in [0.1, 0.15) is 43.5 Å². The van der Waals surface area contributed by atoms with Crippen LogP contribution in [0.2, 0.25) is 0 Å². The fourth-order valence-corrected chi connectivity index (χ4v) is 3.85. The van der Waals surface area contributed by atoms with Crippen molar-refractivity contribution < 1.29 is 4.39 Å². The minimum absolute atomic E-state index is 0.348. The van der Waals surface area contributed by atoms with Gasteiger partial charge in [0.15, 0.2) is 5.16 Å². The first-order valence-corrected chi connectivity index (χ1v) is 8.61. The minimum Gasteiger partial charge on any atom is -0.398 e. The van der Waals surface area contributed by atoms with E-state index in [2.05, 4.69) is 30.7 Å². The fraction of sp³-hybridized carbons (Fsp3) is 0.429. The van der Waals surface area contributed by atoms with Gasteiger partial charge in [-0.25, -0.2) is 4.39 Å². The van der Waals surface area contributed by atoms with Crippen LogP contribution in [0.3, 0.4) is 0 Å². The Morgan fingerprint density at radius 1 is 1.24 bits per heavy atom. The SMILES string of the molecule is Nc1cc(F)c(Br)cc1Sc1nnc(C2CC2)n1C1CC1. The van der Waals surface area contributed by atoms with Gasteiger partial charge in [0.25, 0.3) is 0 Å². The summed E-state index contributed by atoms with van der Waals surface area (Å²) in [6, 6.07) is 3.58. The molecule has 2 aliphatic rings. The molecule has 1 heterocycles. The standard InChI is InChI=1S/C14H14BrFN4S/c15-9-5-12(11(17)6-10(9)16)21-14-19-18-13(7-1-2-7)20(14)8-3-4-8/h5-8H,1-4,17H2. The molecule has 0 bridgehead atoms. The van der Waals surface area contributed by atoms with Gasteiger partial charge in [0, 0.05) is 22.5 Å². The number of halogens is 2. The molecule has 0 atom stereocenters. The van der Waals surface area contributed by atoms with Crippen molar-refractivity contribution >= 4 is 33.4 Å². The molecule has 21 heavy (non-hydrogen) atoms. The third-order valence-corrected chi connectivity index (χ3v) is 5.44. The van der Waals surface area contributed by atoms with Crippen molar-refractivity contribution in [3.05, 3.63) is 28.2 Å². The zero-order valence-electron chi connectivity index (χ0n) is 11.2. The van der Waals surface area contributed by atoms with Gasteiger partial charge in [-0.15, -0.1) is 10.2 Å². The average Bonchev–Trinajstić information content (AvgIpc) is 3.35. The maximum Gasteiger partial charge on any atom is 0.196 e. The van der Waals surface area contributed by atoms with Crippen LogP contribution >= 0.6 is 27.7 Å². The molecule has 2 N–H and O–H groups in total.